The van der Waals surface area contributed by atoms with Gasteiger partial charge in [0.25, 0.3) is 0 Å². The molecule has 2 saturated heterocycles. The number of anilines is 1. The van der Waals surface area contributed by atoms with Crippen LogP contribution < -0.4 is 15.0 Å². The Morgan fingerprint density at radius 2 is 2.05 bits per heavy atom. The summed E-state index contributed by atoms with van der Waals surface area (Å²) in [6.45, 7) is 4.48. The summed E-state index contributed by atoms with van der Waals surface area (Å²) in [7, 11) is 0. The minimum atomic E-state index is -0.574. The maximum Gasteiger partial charge on any atom is 0.228 e. The lowest BCUT2D eigenvalue weighted by Crippen LogP contribution is -2.44. The molecule has 4 rings (SSSR count). The molecule has 0 amide bonds. The highest BCUT2D eigenvalue weighted by Crippen LogP contribution is 2.31. The van der Waals surface area contributed by atoms with E-state index in [9.17, 15) is 5.11 Å². The van der Waals surface area contributed by atoms with Crippen LogP contribution in [-0.4, -0.2) is 66.7 Å². The normalized spacial score (nSPS) is 28.0. The zero-order valence-corrected chi connectivity index (χ0v) is 12.6. The summed E-state index contributed by atoms with van der Waals surface area (Å²) < 4.78 is 11.3. The van der Waals surface area contributed by atoms with Crippen molar-refractivity contribution in [1.82, 2.24) is 15.3 Å². The molecule has 22 heavy (non-hydrogen) atoms. The fourth-order valence-corrected chi connectivity index (χ4v) is 3.27. The molecule has 2 fully saturated rings. The van der Waals surface area contributed by atoms with E-state index in [0.29, 0.717) is 19.1 Å². The molecule has 0 saturated carbocycles. The Morgan fingerprint density at radius 3 is 2.82 bits per heavy atom. The van der Waals surface area contributed by atoms with E-state index in [-0.39, 0.29) is 6.10 Å². The standard InChI is InChI=1S/C15H22N4O3/c20-12-8-21-9-13(12)22-14-10-2-1-3-11(10)17-15(18-14)19-6-4-16-5-7-19/h12-13,16,20H,1-9H2. The summed E-state index contributed by atoms with van der Waals surface area (Å²) in [6, 6.07) is 0. The summed E-state index contributed by atoms with van der Waals surface area (Å²) in [5, 5.41) is 13.2. The molecule has 1 aromatic heterocycles. The Balaban J connectivity index is 1.62. The fourth-order valence-electron chi connectivity index (χ4n) is 3.27. The smallest absolute Gasteiger partial charge is 0.228 e. The van der Waals surface area contributed by atoms with Crippen molar-refractivity contribution in [3.63, 3.8) is 0 Å². The first-order chi connectivity index (χ1) is 10.8. The molecule has 2 atom stereocenters. The second-order valence-corrected chi connectivity index (χ2v) is 6.11. The van der Waals surface area contributed by atoms with Gasteiger partial charge in [0.1, 0.15) is 6.10 Å². The van der Waals surface area contributed by atoms with Crippen molar-refractivity contribution in [2.24, 2.45) is 0 Å². The number of ether oxygens (including phenoxy) is 2. The third kappa shape index (κ3) is 2.64. The number of aromatic nitrogens is 2. The van der Waals surface area contributed by atoms with Gasteiger partial charge in [0.15, 0.2) is 6.10 Å². The van der Waals surface area contributed by atoms with Crippen molar-refractivity contribution >= 4 is 5.95 Å². The summed E-state index contributed by atoms with van der Waals surface area (Å²) in [6.07, 6.45) is 2.13. The summed E-state index contributed by atoms with van der Waals surface area (Å²) in [4.78, 5) is 11.6. The molecule has 0 aromatic carbocycles. The zero-order valence-electron chi connectivity index (χ0n) is 12.6. The predicted octanol–water partition coefficient (Wildman–Crippen LogP) is -0.487. The second kappa shape index (κ2) is 5.98. The predicted molar refractivity (Wildman–Crippen MR) is 80.4 cm³/mol. The SMILES string of the molecule is OC1COCC1Oc1nc(N2CCNCC2)nc2c1CCC2. The molecule has 3 aliphatic rings. The highest BCUT2D eigenvalue weighted by molar-refractivity contribution is 5.43. The lowest BCUT2D eigenvalue weighted by Gasteiger charge is -2.28. The first-order valence-electron chi connectivity index (χ1n) is 8.09. The number of piperazine rings is 1. The highest BCUT2D eigenvalue weighted by Gasteiger charge is 2.31. The molecule has 2 aliphatic heterocycles. The van der Waals surface area contributed by atoms with E-state index in [1.807, 2.05) is 0 Å². The molecular formula is C15H22N4O3. The van der Waals surface area contributed by atoms with Crippen LogP contribution in [0.5, 0.6) is 5.88 Å². The van der Waals surface area contributed by atoms with Crippen LogP contribution >= 0.6 is 0 Å². The summed E-state index contributed by atoms with van der Waals surface area (Å²) in [5.41, 5.74) is 2.21. The van der Waals surface area contributed by atoms with Gasteiger partial charge in [-0.2, -0.15) is 4.98 Å². The van der Waals surface area contributed by atoms with Gasteiger partial charge in [-0.3, -0.25) is 0 Å². The van der Waals surface area contributed by atoms with Crippen LogP contribution in [0.25, 0.3) is 0 Å². The third-order valence-corrected chi connectivity index (χ3v) is 4.55. The van der Waals surface area contributed by atoms with Crippen LogP contribution in [0, 0.1) is 0 Å². The third-order valence-electron chi connectivity index (χ3n) is 4.55. The van der Waals surface area contributed by atoms with E-state index in [1.165, 1.54) is 0 Å². The molecular weight excluding hydrogens is 284 g/mol. The molecule has 1 aromatic rings. The van der Waals surface area contributed by atoms with Crippen LogP contribution in [0.4, 0.5) is 5.95 Å². The Hall–Kier alpha value is -1.44. The van der Waals surface area contributed by atoms with E-state index in [2.05, 4.69) is 15.2 Å². The van der Waals surface area contributed by atoms with Gasteiger partial charge in [-0.05, 0) is 19.3 Å². The number of nitrogens with one attached hydrogen (secondary N) is 1. The zero-order chi connectivity index (χ0) is 14.9. The number of rotatable bonds is 3. The Labute approximate surface area is 129 Å². The van der Waals surface area contributed by atoms with E-state index in [4.69, 9.17) is 14.5 Å². The van der Waals surface area contributed by atoms with Crippen LogP contribution in [-0.2, 0) is 17.6 Å². The average molecular weight is 306 g/mol. The maximum absolute atomic E-state index is 9.90. The van der Waals surface area contributed by atoms with E-state index in [0.717, 1.165) is 62.6 Å². The molecule has 2 unspecified atom stereocenters. The Bertz CT molecular complexity index is 548. The second-order valence-electron chi connectivity index (χ2n) is 6.11. The van der Waals surface area contributed by atoms with Crippen molar-refractivity contribution in [3.8, 4) is 5.88 Å². The van der Waals surface area contributed by atoms with Crippen molar-refractivity contribution in [1.29, 1.82) is 0 Å². The van der Waals surface area contributed by atoms with Crippen molar-refractivity contribution in [2.45, 2.75) is 31.5 Å². The van der Waals surface area contributed by atoms with Gasteiger partial charge in [0, 0.05) is 31.7 Å². The minimum absolute atomic E-state index is 0.324. The Morgan fingerprint density at radius 1 is 1.18 bits per heavy atom. The molecule has 2 N–H and O–H groups in total. The number of hydrogen-bond donors (Lipinski definition) is 2. The summed E-state index contributed by atoms with van der Waals surface area (Å²) >= 11 is 0. The fraction of sp³-hybridized carbons (Fsp3) is 0.733. The molecule has 3 heterocycles. The van der Waals surface area contributed by atoms with E-state index in [1.54, 1.807) is 0 Å². The molecule has 7 nitrogen and oxygen atoms in total. The molecule has 0 bridgehead atoms. The average Bonchev–Trinajstić information content (AvgIpc) is 3.17. The molecule has 120 valence electrons. The van der Waals surface area contributed by atoms with Crippen LogP contribution in [0.2, 0.25) is 0 Å². The molecule has 1 aliphatic carbocycles. The van der Waals surface area contributed by atoms with Crippen LogP contribution in [0.1, 0.15) is 17.7 Å². The van der Waals surface area contributed by atoms with E-state index < -0.39 is 6.10 Å². The lowest BCUT2D eigenvalue weighted by atomic mass is 10.2. The number of nitrogens with zero attached hydrogens (tertiary/aromatic N) is 3. The molecule has 7 heteroatoms. The first-order valence-corrected chi connectivity index (χ1v) is 8.09. The number of aliphatic hydroxyl groups is 1. The topological polar surface area (TPSA) is 79.7 Å². The van der Waals surface area contributed by atoms with Gasteiger partial charge in [0.05, 0.1) is 18.9 Å². The molecule has 0 radical (unpaired) electrons. The summed E-state index contributed by atoms with van der Waals surface area (Å²) in [5.74, 6) is 1.40. The van der Waals surface area contributed by atoms with Crippen LogP contribution in [0.15, 0.2) is 0 Å². The largest absolute Gasteiger partial charge is 0.469 e. The number of aliphatic hydroxyl groups excluding tert-OH is 1. The number of aryl methyl sites for hydroxylation is 1. The van der Waals surface area contributed by atoms with Gasteiger partial charge < -0.3 is 24.8 Å². The minimum Gasteiger partial charge on any atom is -0.469 e. The maximum atomic E-state index is 9.90. The Kier molecular flexibility index (Phi) is 3.85. The van der Waals surface area contributed by atoms with Gasteiger partial charge in [-0.15, -0.1) is 0 Å². The quantitative estimate of drug-likeness (QED) is 0.780. The van der Waals surface area contributed by atoms with Gasteiger partial charge in [-0.25, -0.2) is 4.98 Å². The van der Waals surface area contributed by atoms with Crippen molar-refractivity contribution in [3.05, 3.63) is 11.3 Å². The van der Waals surface area contributed by atoms with Gasteiger partial charge >= 0.3 is 0 Å². The monoisotopic (exact) mass is 306 g/mol. The number of fused-ring (bicyclic) bond motifs is 1. The molecule has 0 spiro atoms. The highest BCUT2D eigenvalue weighted by atomic mass is 16.6. The van der Waals surface area contributed by atoms with E-state index >= 15 is 0 Å². The van der Waals surface area contributed by atoms with Gasteiger partial charge in [0.2, 0.25) is 11.8 Å². The number of hydrogen-bond acceptors (Lipinski definition) is 7. The first kappa shape index (κ1) is 14.2. The van der Waals surface area contributed by atoms with Crippen molar-refractivity contribution < 1.29 is 14.6 Å². The van der Waals surface area contributed by atoms with Crippen LogP contribution in [0.3, 0.4) is 0 Å². The van der Waals surface area contributed by atoms with Crippen molar-refractivity contribution in [2.75, 3.05) is 44.3 Å². The lowest BCUT2D eigenvalue weighted by molar-refractivity contribution is 0.0697. The van der Waals surface area contributed by atoms with Gasteiger partial charge in [-0.1, -0.05) is 0 Å².